The van der Waals surface area contributed by atoms with Gasteiger partial charge < -0.3 is 24.0 Å². The summed E-state index contributed by atoms with van der Waals surface area (Å²) in [7, 11) is 1.59. The van der Waals surface area contributed by atoms with E-state index in [9.17, 15) is 9.59 Å². The Bertz CT molecular complexity index is 1050. The van der Waals surface area contributed by atoms with Crippen LogP contribution in [0.15, 0.2) is 60.1 Å². The molecule has 1 aliphatic heterocycles. The highest BCUT2D eigenvalue weighted by Crippen LogP contribution is 2.23. The first-order valence-electron chi connectivity index (χ1n) is 10.6. The summed E-state index contributed by atoms with van der Waals surface area (Å²) in [5.41, 5.74) is 0.996. The number of pyridine rings is 1. The summed E-state index contributed by atoms with van der Waals surface area (Å²) >= 11 is 1.56. The highest BCUT2D eigenvalue weighted by molar-refractivity contribution is 7.09. The van der Waals surface area contributed by atoms with Crippen molar-refractivity contribution in [3.63, 3.8) is 0 Å². The second-order valence-electron chi connectivity index (χ2n) is 7.34. The van der Waals surface area contributed by atoms with Crippen molar-refractivity contribution < 1.29 is 23.8 Å². The number of benzene rings is 1. The highest BCUT2D eigenvalue weighted by Gasteiger charge is 2.20. The van der Waals surface area contributed by atoms with Gasteiger partial charge in [-0.15, -0.1) is 11.3 Å². The van der Waals surface area contributed by atoms with Crippen molar-refractivity contribution in [2.75, 3.05) is 49.8 Å². The molecule has 9 heteroatoms. The summed E-state index contributed by atoms with van der Waals surface area (Å²) in [6.45, 7) is 2.85. The average molecular weight is 468 g/mol. The molecule has 1 amide bonds. The lowest BCUT2D eigenvalue weighted by Gasteiger charge is -2.27. The molecule has 1 aliphatic rings. The van der Waals surface area contributed by atoms with E-state index in [1.807, 2.05) is 17.5 Å². The van der Waals surface area contributed by atoms with Gasteiger partial charge in [0.2, 0.25) is 0 Å². The van der Waals surface area contributed by atoms with Crippen LogP contribution in [0.25, 0.3) is 0 Å². The molecule has 0 aliphatic carbocycles. The topological polar surface area (TPSA) is 81.2 Å². The molecular formula is C24H25N3O5S. The minimum atomic E-state index is -0.588. The number of morpholine rings is 1. The van der Waals surface area contributed by atoms with Crippen molar-refractivity contribution in [2.45, 2.75) is 6.54 Å². The third kappa shape index (κ3) is 5.88. The van der Waals surface area contributed by atoms with E-state index in [2.05, 4.69) is 9.88 Å². The third-order valence-electron chi connectivity index (χ3n) is 5.22. The minimum Gasteiger partial charge on any atom is -0.497 e. The number of hydrogen-bond donors (Lipinski definition) is 0. The molecule has 0 saturated carbocycles. The molecule has 0 N–H and O–H groups in total. The molecule has 0 unspecified atom stereocenters. The summed E-state index contributed by atoms with van der Waals surface area (Å²) in [5, 5.41) is 1.96. The first-order valence-corrected chi connectivity index (χ1v) is 11.4. The van der Waals surface area contributed by atoms with Gasteiger partial charge in [0.1, 0.15) is 11.6 Å². The standard InChI is InChI=1S/C24H25N3O5S/c1-30-20-7-5-19(6-8-20)27(16-21-3-2-14-33-21)23(28)17-32-24(29)18-4-9-22(25-15-18)26-10-12-31-13-11-26/h2-9,14-15H,10-13,16-17H2,1H3. The van der Waals surface area contributed by atoms with E-state index in [0.29, 0.717) is 36.8 Å². The number of amides is 1. The maximum absolute atomic E-state index is 13.0. The van der Waals surface area contributed by atoms with Crippen LogP contribution in [0.1, 0.15) is 15.2 Å². The zero-order valence-electron chi connectivity index (χ0n) is 18.3. The molecule has 1 saturated heterocycles. The number of rotatable bonds is 8. The van der Waals surface area contributed by atoms with Gasteiger partial charge in [-0.1, -0.05) is 6.07 Å². The van der Waals surface area contributed by atoms with Gasteiger partial charge in [-0.3, -0.25) is 4.79 Å². The minimum absolute atomic E-state index is 0.300. The van der Waals surface area contributed by atoms with Gasteiger partial charge in [-0.25, -0.2) is 9.78 Å². The second kappa shape index (κ2) is 10.9. The van der Waals surface area contributed by atoms with Gasteiger partial charge in [-0.2, -0.15) is 0 Å². The summed E-state index contributed by atoms with van der Waals surface area (Å²) in [4.78, 5) is 34.6. The summed E-state index contributed by atoms with van der Waals surface area (Å²) in [6, 6.07) is 14.5. The predicted molar refractivity (Wildman–Crippen MR) is 126 cm³/mol. The Labute approximate surface area is 196 Å². The van der Waals surface area contributed by atoms with Crippen molar-refractivity contribution in [3.05, 3.63) is 70.5 Å². The van der Waals surface area contributed by atoms with Crippen LogP contribution in [0.3, 0.4) is 0 Å². The van der Waals surface area contributed by atoms with Crippen molar-refractivity contribution in [2.24, 2.45) is 0 Å². The summed E-state index contributed by atoms with van der Waals surface area (Å²) in [6.07, 6.45) is 1.48. The number of hydrogen-bond acceptors (Lipinski definition) is 8. The highest BCUT2D eigenvalue weighted by atomic mass is 32.1. The fourth-order valence-electron chi connectivity index (χ4n) is 3.42. The molecule has 1 aromatic carbocycles. The third-order valence-corrected chi connectivity index (χ3v) is 6.09. The Morgan fingerprint density at radius 3 is 2.55 bits per heavy atom. The van der Waals surface area contributed by atoms with Crippen LogP contribution in [-0.4, -0.2) is 56.9 Å². The van der Waals surface area contributed by atoms with Crippen LogP contribution in [0.4, 0.5) is 11.5 Å². The Balaban J connectivity index is 1.40. The Morgan fingerprint density at radius 1 is 1.12 bits per heavy atom. The summed E-state index contributed by atoms with van der Waals surface area (Å²) in [5.74, 6) is 0.573. The van der Waals surface area contributed by atoms with E-state index in [4.69, 9.17) is 14.2 Å². The zero-order chi connectivity index (χ0) is 23.0. The second-order valence-corrected chi connectivity index (χ2v) is 8.37. The smallest absolute Gasteiger partial charge is 0.340 e. The maximum Gasteiger partial charge on any atom is 0.340 e. The van der Waals surface area contributed by atoms with Crippen molar-refractivity contribution in [3.8, 4) is 5.75 Å². The molecule has 3 aromatic rings. The van der Waals surface area contributed by atoms with Crippen LogP contribution in [0.5, 0.6) is 5.75 Å². The average Bonchev–Trinajstić information content (AvgIpc) is 3.40. The number of methoxy groups -OCH3 is 1. The van der Waals surface area contributed by atoms with E-state index in [1.54, 1.807) is 59.7 Å². The lowest BCUT2D eigenvalue weighted by atomic mass is 10.2. The van der Waals surface area contributed by atoms with Crippen molar-refractivity contribution in [1.82, 2.24) is 4.98 Å². The van der Waals surface area contributed by atoms with Crippen LogP contribution in [0, 0.1) is 0 Å². The number of carbonyl (C=O) groups excluding carboxylic acids is 2. The number of esters is 1. The normalized spacial score (nSPS) is 13.4. The fraction of sp³-hybridized carbons (Fsp3) is 0.292. The molecule has 0 radical (unpaired) electrons. The largest absolute Gasteiger partial charge is 0.497 e. The van der Waals surface area contributed by atoms with Gasteiger partial charge in [0.15, 0.2) is 6.61 Å². The van der Waals surface area contributed by atoms with Gasteiger partial charge in [-0.05, 0) is 47.8 Å². The lowest BCUT2D eigenvalue weighted by molar-refractivity contribution is -0.121. The molecule has 1 fully saturated rings. The Morgan fingerprint density at radius 2 is 1.91 bits per heavy atom. The monoisotopic (exact) mass is 467 g/mol. The Kier molecular flexibility index (Phi) is 7.54. The van der Waals surface area contributed by atoms with Crippen LogP contribution >= 0.6 is 11.3 Å². The molecule has 4 rings (SSSR count). The molecule has 3 heterocycles. The van der Waals surface area contributed by atoms with Crippen LogP contribution in [0.2, 0.25) is 0 Å². The van der Waals surface area contributed by atoms with Crippen molar-refractivity contribution in [1.29, 1.82) is 0 Å². The van der Waals surface area contributed by atoms with E-state index < -0.39 is 5.97 Å². The first kappa shape index (κ1) is 22.8. The van der Waals surface area contributed by atoms with Gasteiger partial charge in [0.05, 0.1) is 32.4 Å². The van der Waals surface area contributed by atoms with Crippen LogP contribution in [-0.2, 0) is 20.8 Å². The van der Waals surface area contributed by atoms with E-state index in [-0.39, 0.29) is 12.5 Å². The number of anilines is 2. The molecule has 0 spiro atoms. The van der Waals surface area contributed by atoms with E-state index in [1.165, 1.54) is 6.20 Å². The lowest BCUT2D eigenvalue weighted by Crippen LogP contribution is -2.36. The molecule has 33 heavy (non-hydrogen) atoms. The maximum atomic E-state index is 13.0. The van der Waals surface area contributed by atoms with Gasteiger partial charge in [0, 0.05) is 29.9 Å². The Hall–Kier alpha value is -3.43. The van der Waals surface area contributed by atoms with E-state index in [0.717, 1.165) is 23.8 Å². The summed E-state index contributed by atoms with van der Waals surface area (Å²) < 4.78 is 15.9. The zero-order valence-corrected chi connectivity index (χ0v) is 19.1. The molecule has 0 bridgehead atoms. The molecule has 172 valence electrons. The number of aromatic nitrogens is 1. The number of ether oxygens (including phenoxy) is 3. The molecule has 2 aromatic heterocycles. The molecule has 8 nitrogen and oxygen atoms in total. The number of thiophene rings is 1. The predicted octanol–water partition coefficient (Wildman–Crippen LogP) is 3.38. The SMILES string of the molecule is COc1ccc(N(Cc2cccs2)C(=O)COC(=O)c2ccc(N3CCOCC3)nc2)cc1. The van der Waals surface area contributed by atoms with E-state index >= 15 is 0 Å². The first-order chi connectivity index (χ1) is 16.1. The van der Waals surface area contributed by atoms with Crippen molar-refractivity contribution >= 4 is 34.7 Å². The number of carbonyl (C=O) groups is 2. The fourth-order valence-corrected chi connectivity index (χ4v) is 4.11. The quantitative estimate of drug-likeness (QED) is 0.470. The van der Waals surface area contributed by atoms with Gasteiger partial charge in [0.25, 0.3) is 5.91 Å². The van der Waals surface area contributed by atoms with Gasteiger partial charge >= 0.3 is 5.97 Å². The molecular weight excluding hydrogens is 442 g/mol. The number of nitrogens with zero attached hydrogens (tertiary/aromatic N) is 3. The molecule has 0 atom stereocenters. The van der Waals surface area contributed by atoms with Crippen LogP contribution < -0.4 is 14.5 Å².